The summed E-state index contributed by atoms with van der Waals surface area (Å²) in [7, 11) is 0. The monoisotopic (exact) mass is 380 g/mol. The molecule has 0 saturated heterocycles. The van der Waals surface area contributed by atoms with Gasteiger partial charge in [0.2, 0.25) is 5.91 Å². The molecule has 0 radical (unpaired) electrons. The Morgan fingerprint density at radius 2 is 1.93 bits per heavy atom. The van der Waals surface area contributed by atoms with E-state index in [2.05, 4.69) is 20.9 Å². The molecule has 1 unspecified atom stereocenters. The van der Waals surface area contributed by atoms with Crippen LogP contribution in [0.1, 0.15) is 25.6 Å². The zero-order chi connectivity index (χ0) is 19.9. The molecule has 1 aromatic heterocycles. The molecule has 0 aliphatic heterocycles. The summed E-state index contributed by atoms with van der Waals surface area (Å²) in [5.74, 6) is 1.21. The predicted octanol–water partition coefficient (Wildman–Crippen LogP) is 3.39. The van der Waals surface area contributed by atoms with Crippen LogP contribution in [0.15, 0.2) is 64.0 Å². The first-order valence-corrected chi connectivity index (χ1v) is 9.17. The smallest absolute Gasteiger partial charge is 0.246 e. The zero-order valence-corrected chi connectivity index (χ0v) is 15.9. The third-order valence-corrected chi connectivity index (χ3v) is 4.10. The van der Waals surface area contributed by atoms with E-state index in [0.717, 1.165) is 16.7 Å². The average Bonchev–Trinajstić information content (AvgIpc) is 3.12. The van der Waals surface area contributed by atoms with Crippen molar-refractivity contribution in [3.05, 3.63) is 60.4 Å². The van der Waals surface area contributed by atoms with Crippen LogP contribution in [0.2, 0.25) is 0 Å². The molecular weight excluding hydrogens is 356 g/mol. The van der Waals surface area contributed by atoms with E-state index >= 15 is 0 Å². The third-order valence-electron chi connectivity index (χ3n) is 4.10. The van der Waals surface area contributed by atoms with Gasteiger partial charge in [-0.2, -0.15) is 0 Å². The van der Waals surface area contributed by atoms with Gasteiger partial charge in [-0.05, 0) is 50.2 Å². The van der Waals surface area contributed by atoms with Crippen molar-refractivity contribution in [2.75, 3.05) is 18.4 Å². The highest BCUT2D eigenvalue weighted by atomic mass is 16.3. The number of hydrogen-bond donors (Lipinski definition) is 4. The molecule has 0 spiro atoms. The van der Waals surface area contributed by atoms with E-state index in [1.54, 1.807) is 12.1 Å². The van der Waals surface area contributed by atoms with Crippen LogP contribution in [0.25, 0.3) is 11.0 Å². The molecule has 7 heteroatoms. The van der Waals surface area contributed by atoms with Crippen LogP contribution in [0.4, 0.5) is 5.69 Å². The molecule has 7 nitrogen and oxygen atoms in total. The van der Waals surface area contributed by atoms with Gasteiger partial charge in [-0.15, -0.1) is 0 Å². The fourth-order valence-electron chi connectivity index (χ4n) is 2.71. The van der Waals surface area contributed by atoms with Gasteiger partial charge in [0, 0.05) is 17.6 Å². The highest BCUT2D eigenvalue weighted by Gasteiger charge is 2.13. The van der Waals surface area contributed by atoms with Gasteiger partial charge in [0.15, 0.2) is 5.96 Å². The molecule has 1 atom stereocenters. The molecule has 2 aromatic carbocycles. The number of phenolic OH excluding ortho intramolecular Hbond substituents is 1. The van der Waals surface area contributed by atoms with Gasteiger partial charge in [0.05, 0.1) is 6.04 Å². The number of fused-ring (bicyclic) bond motifs is 1. The molecule has 4 N–H and O–H groups in total. The molecule has 0 aliphatic carbocycles. The molecule has 1 amide bonds. The maximum absolute atomic E-state index is 12.1. The molecule has 1 heterocycles. The number of furan rings is 1. The van der Waals surface area contributed by atoms with Gasteiger partial charge in [-0.25, -0.2) is 4.99 Å². The second-order valence-electron chi connectivity index (χ2n) is 6.34. The highest BCUT2D eigenvalue weighted by Crippen LogP contribution is 2.23. The lowest BCUT2D eigenvalue weighted by atomic mass is 10.2. The molecule has 0 aliphatic rings. The van der Waals surface area contributed by atoms with Gasteiger partial charge in [-0.1, -0.05) is 18.2 Å². The van der Waals surface area contributed by atoms with Crippen molar-refractivity contribution >= 4 is 28.5 Å². The minimum atomic E-state index is -0.251. The fourth-order valence-corrected chi connectivity index (χ4v) is 2.71. The number of aromatic hydroxyl groups is 1. The Balaban J connectivity index is 1.62. The number of hydrogen-bond acceptors (Lipinski definition) is 4. The van der Waals surface area contributed by atoms with E-state index in [-0.39, 0.29) is 24.2 Å². The van der Waals surface area contributed by atoms with Gasteiger partial charge in [0.25, 0.3) is 0 Å². The van der Waals surface area contributed by atoms with Crippen LogP contribution in [0, 0.1) is 0 Å². The van der Waals surface area contributed by atoms with Crippen molar-refractivity contribution in [1.82, 2.24) is 10.6 Å². The topological polar surface area (TPSA) is 98.9 Å². The molecular formula is C21H24N4O3. The lowest BCUT2D eigenvalue weighted by molar-refractivity contribution is -0.114. The zero-order valence-electron chi connectivity index (χ0n) is 15.9. The third kappa shape index (κ3) is 5.03. The van der Waals surface area contributed by atoms with Crippen molar-refractivity contribution in [2.24, 2.45) is 4.99 Å². The molecule has 146 valence electrons. The number of amides is 1. The van der Waals surface area contributed by atoms with Crippen LogP contribution in [-0.4, -0.2) is 30.1 Å². The van der Waals surface area contributed by atoms with E-state index < -0.39 is 0 Å². The second kappa shape index (κ2) is 8.94. The summed E-state index contributed by atoms with van der Waals surface area (Å²) >= 11 is 0. The van der Waals surface area contributed by atoms with Crippen molar-refractivity contribution < 1.29 is 14.3 Å². The number of rotatable bonds is 6. The number of carbonyl (C=O) groups excluding carboxylic acids is 1. The number of nitrogens with zero attached hydrogens (tertiary/aromatic N) is 1. The van der Waals surface area contributed by atoms with E-state index in [0.29, 0.717) is 18.2 Å². The number of phenols is 1. The van der Waals surface area contributed by atoms with Gasteiger partial charge >= 0.3 is 0 Å². The van der Waals surface area contributed by atoms with Crippen LogP contribution in [0.5, 0.6) is 5.75 Å². The van der Waals surface area contributed by atoms with Gasteiger partial charge in [-0.3, -0.25) is 4.79 Å². The van der Waals surface area contributed by atoms with Crippen molar-refractivity contribution in [2.45, 2.75) is 19.9 Å². The van der Waals surface area contributed by atoms with Crippen LogP contribution >= 0.6 is 0 Å². The highest BCUT2D eigenvalue weighted by molar-refractivity contribution is 5.94. The summed E-state index contributed by atoms with van der Waals surface area (Å²) in [6, 6.07) is 16.0. The summed E-state index contributed by atoms with van der Waals surface area (Å²) in [6.45, 7) is 4.56. The Kier molecular flexibility index (Phi) is 6.16. The summed E-state index contributed by atoms with van der Waals surface area (Å²) in [6.07, 6.45) is 0. The molecule has 0 bridgehead atoms. The first-order chi connectivity index (χ1) is 13.5. The molecule has 0 saturated carbocycles. The van der Waals surface area contributed by atoms with Crippen LogP contribution < -0.4 is 16.0 Å². The first kappa shape index (κ1) is 19.3. The Morgan fingerprint density at radius 1 is 1.18 bits per heavy atom. The van der Waals surface area contributed by atoms with E-state index in [9.17, 15) is 9.90 Å². The molecule has 3 aromatic rings. The Bertz CT molecular complexity index is 930. The largest absolute Gasteiger partial charge is 0.508 e. The van der Waals surface area contributed by atoms with Crippen molar-refractivity contribution in [3.63, 3.8) is 0 Å². The molecule has 3 rings (SSSR count). The number of benzene rings is 2. The summed E-state index contributed by atoms with van der Waals surface area (Å²) in [5, 5.41) is 19.5. The second-order valence-corrected chi connectivity index (χ2v) is 6.34. The van der Waals surface area contributed by atoms with Crippen molar-refractivity contribution in [3.8, 4) is 5.75 Å². The average molecular weight is 380 g/mol. The quantitative estimate of drug-likeness (QED) is 0.298. The molecule has 0 fully saturated rings. The number of guanidine groups is 1. The summed E-state index contributed by atoms with van der Waals surface area (Å²) < 4.78 is 5.88. The van der Waals surface area contributed by atoms with Crippen molar-refractivity contribution in [1.29, 1.82) is 0 Å². The normalized spacial score (nSPS) is 12.6. The van der Waals surface area contributed by atoms with E-state index in [1.165, 1.54) is 12.1 Å². The Hall–Kier alpha value is -3.48. The lowest BCUT2D eigenvalue weighted by Crippen LogP contribution is -2.39. The van der Waals surface area contributed by atoms with Gasteiger partial charge in [0.1, 0.15) is 23.6 Å². The Morgan fingerprint density at radius 3 is 2.64 bits per heavy atom. The minimum Gasteiger partial charge on any atom is -0.508 e. The number of nitrogens with one attached hydrogen (secondary N) is 3. The predicted molar refractivity (Wildman–Crippen MR) is 110 cm³/mol. The maximum atomic E-state index is 12.1. The van der Waals surface area contributed by atoms with Crippen LogP contribution in [-0.2, 0) is 4.79 Å². The van der Waals surface area contributed by atoms with Crippen LogP contribution in [0.3, 0.4) is 0 Å². The SMILES string of the molecule is CCNC(=NCC(=O)Nc1ccc(O)cc1)NC(C)c1cc2ccccc2o1. The first-order valence-electron chi connectivity index (χ1n) is 9.17. The number of aliphatic imine (C=N–C) groups is 1. The van der Waals surface area contributed by atoms with E-state index in [4.69, 9.17) is 4.42 Å². The fraction of sp³-hybridized carbons (Fsp3) is 0.238. The lowest BCUT2D eigenvalue weighted by Gasteiger charge is -2.16. The number of anilines is 1. The number of para-hydroxylation sites is 1. The molecule has 28 heavy (non-hydrogen) atoms. The van der Waals surface area contributed by atoms with Gasteiger partial charge < -0.3 is 25.5 Å². The summed E-state index contributed by atoms with van der Waals surface area (Å²) in [4.78, 5) is 16.5. The minimum absolute atomic E-state index is 0.0386. The maximum Gasteiger partial charge on any atom is 0.246 e. The Labute approximate surface area is 163 Å². The van der Waals surface area contributed by atoms with E-state index in [1.807, 2.05) is 44.2 Å². The standard InChI is InChI=1S/C21H24N4O3/c1-3-22-21(23-13-20(27)25-16-8-10-17(26)11-9-16)24-14(2)19-12-15-6-4-5-7-18(15)28-19/h4-12,14,26H,3,13H2,1-2H3,(H,25,27)(H2,22,23,24). The summed E-state index contributed by atoms with van der Waals surface area (Å²) in [5.41, 5.74) is 1.44. The number of carbonyl (C=O) groups is 1.